The molecule has 6 nitrogen and oxygen atoms in total. The average Bonchev–Trinajstić information content (AvgIpc) is 3.31. The van der Waals surface area contributed by atoms with Gasteiger partial charge in [0.1, 0.15) is 5.76 Å². The molecule has 2 aromatic rings. The topological polar surface area (TPSA) is 65.8 Å². The number of likely N-dealkylation sites (N-methyl/N-ethyl adjacent to an activating group) is 1. The summed E-state index contributed by atoms with van der Waals surface area (Å²) in [5, 5.41) is 2.99. The highest BCUT2D eigenvalue weighted by atomic mass is 16.3. The lowest BCUT2D eigenvalue weighted by Gasteiger charge is -2.23. The first-order chi connectivity index (χ1) is 13.0. The lowest BCUT2D eigenvalue weighted by Crippen LogP contribution is -2.38. The summed E-state index contributed by atoms with van der Waals surface area (Å²) in [6, 6.07) is 13.8. The van der Waals surface area contributed by atoms with E-state index in [1.165, 1.54) is 5.56 Å². The van der Waals surface area contributed by atoms with Crippen molar-refractivity contribution in [3.05, 3.63) is 60.1 Å². The molecule has 27 heavy (non-hydrogen) atoms. The zero-order chi connectivity index (χ0) is 19.2. The lowest BCUT2D eigenvalue weighted by atomic mass is 10.1. The fraction of sp³-hybridized carbons (Fsp3) is 0.429. The largest absolute Gasteiger partial charge is 0.468 e. The van der Waals surface area contributed by atoms with Crippen molar-refractivity contribution in [1.29, 1.82) is 0 Å². The number of benzene rings is 1. The number of nitrogens with one attached hydrogen (secondary N) is 1. The van der Waals surface area contributed by atoms with Crippen LogP contribution in [0.25, 0.3) is 0 Å². The van der Waals surface area contributed by atoms with Crippen LogP contribution in [0.15, 0.2) is 53.1 Å². The SMILES string of the molecule is CN(C)C(CNC(=O)C1CC(=O)N(CCc2ccccc2)C1)c1ccco1. The fourth-order valence-electron chi connectivity index (χ4n) is 3.43. The van der Waals surface area contributed by atoms with Crippen LogP contribution in [0.4, 0.5) is 0 Å². The monoisotopic (exact) mass is 369 g/mol. The Morgan fingerprint density at radius 3 is 2.70 bits per heavy atom. The van der Waals surface area contributed by atoms with Gasteiger partial charge in [0.05, 0.1) is 18.2 Å². The molecular weight excluding hydrogens is 342 g/mol. The van der Waals surface area contributed by atoms with Crippen LogP contribution in [-0.4, -0.2) is 55.3 Å². The van der Waals surface area contributed by atoms with Crippen molar-refractivity contribution in [3.8, 4) is 0 Å². The molecule has 1 fully saturated rings. The number of carbonyl (C=O) groups is 2. The first-order valence-corrected chi connectivity index (χ1v) is 9.34. The minimum Gasteiger partial charge on any atom is -0.468 e. The molecule has 3 rings (SSSR count). The molecule has 1 aliphatic rings. The molecule has 0 radical (unpaired) electrons. The molecule has 1 aromatic heterocycles. The number of furan rings is 1. The molecule has 2 unspecified atom stereocenters. The van der Waals surface area contributed by atoms with Crippen LogP contribution in [0.5, 0.6) is 0 Å². The Kier molecular flexibility index (Phi) is 6.29. The number of rotatable bonds is 8. The van der Waals surface area contributed by atoms with Crippen LogP contribution in [-0.2, 0) is 16.0 Å². The Hall–Kier alpha value is -2.60. The Morgan fingerprint density at radius 1 is 1.26 bits per heavy atom. The van der Waals surface area contributed by atoms with Gasteiger partial charge >= 0.3 is 0 Å². The normalized spacial score (nSPS) is 18.1. The second-order valence-corrected chi connectivity index (χ2v) is 7.22. The van der Waals surface area contributed by atoms with Crippen LogP contribution in [0.2, 0.25) is 0 Å². The van der Waals surface area contributed by atoms with E-state index in [0.717, 1.165) is 12.2 Å². The number of likely N-dealkylation sites (tertiary alicyclic amines) is 1. The van der Waals surface area contributed by atoms with E-state index in [9.17, 15) is 9.59 Å². The van der Waals surface area contributed by atoms with E-state index in [0.29, 0.717) is 19.6 Å². The Labute approximate surface area is 160 Å². The summed E-state index contributed by atoms with van der Waals surface area (Å²) in [7, 11) is 3.90. The van der Waals surface area contributed by atoms with E-state index >= 15 is 0 Å². The fourth-order valence-corrected chi connectivity index (χ4v) is 3.43. The summed E-state index contributed by atoms with van der Waals surface area (Å²) in [6.07, 6.45) is 2.73. The predicted octanol–water partition coefficient (Wildman–Crippen LogP) is 2.09. The van der Waals surface area contributed by atoms with Gasteiger partial charge in [-0.3, -0.25) is 14.5 Å². The third-order valence-corrected chi connectivity index (χ3v) is 5.06. The van der Waals surface area contributed by atoms with Gasteiger partial charge in [0.25, 0.3) is 0 Å². The van der Waals surface area contributed by atoms with E-state index in [1.54, 1.807) is 11.2 Å². The van der Waals surface area contributed by atoms with Gasteiger partial charge in [-0.1, -0.05) is 30.3 Å². The summed E-state index contributed by atoms with van der Waals surface area (Å²) in [5.41, 5.74) is 1.20. The van der Waals surface area contributed by atoms with E-state index in [2.05, 4.69) is 17.4 Å². The molecule has 0 aliphatic carbocycles. The quantitative estimate of drug-likeness (QED) is 0.774. The van der Waals surface area contributed by atoms with Gasteiger partial charge in [-0.05, 0) is 38.2 Å². The maximum Gasteiger partial charge on any atom is 0.225 e. The van der Waals surface area contributed by atoms with Crippen LogP contribution < -0.4 is 5.32 Å². The summed E-state index contributed by atoms with van der Waals surface area (Å²) >= 11 is 0. The van der Waals surface area contributed by atoms with Gasteiger partial charge in [-0.25, -0.2) is 0 Å². The number of nitrogens with zero attached hydrogens (tertiary/aromatic N) is 2. The van der Waals surface area contributed by atoms with Crippen molar-refractivity contribution in [3.63, 3.8) is 0 Å². The van der Waals surface area contributed by atoms with Crippen LogP contribution >= 0.6 is 0 Å². The van der Waals surface area contributed by atoms with Gasteiger partial charge in [0.2, 0.25) is 11.8 Å². The number of carbonyl (C=O) groups excluding carboxylic acids is 2. The van der Waals surface area contributed by atoms with E-state index in [4.69, 9.17) is 4.42 Å². The summed E-state index contributed by atoms with van der Waals surface area (Å²) in [5.74, 6) is 0.519. The minimum atomic E-state index is -0.285. The molecule has 0 spiro atoms. The van der Waals surface area contributed by atoms with E-state index < -0.39 is 0 Å². The highest BCUT2D eigenvalue weighted by Crippen LogP contribution is 2.20. The molecule has 1 aliphatic heterocycles. The molecular formula is C21H27N3O3. The summed E-state index contributed by atoms with van der Waals surface area (Å²) < 4.78 is 5.47. The van der Waals surface area contributed by atoms with Gasteiger partial charge < -0.3 is 14.6 Å². The molecule has 1 aromatic carbocycles. The van der Waals surface area contributed by atoms with Crippen molar-refractivity contribution in [1.82, 2.24) is 15.1 Å². The summed E-state index contributed by atoms with van der Waals surface area (Å²) in [4.78, 5) is 28.6. The molecule has 0 saturated carbocycles. The van der Waals surface area contributed by atoms with Gasteiger partial charge in [-0.2, -0.15) is 0 Å². The number of hydrogen-bond donors (Lipinski definition) is 1. The van der Waals surface area contributed by atoms with Crippen molar-refractivity contribution in [2.45, 2.75) is 18.9 Å². The molecule has 144 valence electrons. The molecule has 1 N–H and O–H groups in total. The number of amides is 2. The van der Waals surface area contributed by atoms with Gasteiger partial charge in [-0.15, -0.1) is 0 Å². The second kappa shape index (κ2) is 8.86. The average molecular weight is 369 g/mol. The lowest BCUT2D eigenvalue weighted by molar-refractivity contribution is -0.129. The molecule has 6 heteroatoms. The van der Waals surface area contributed by atoms with Crippen LogP contribution in [0.1, 0.15) is 23.8 Å². The first-order valence-electron chi connectivity index (χ1n) is 9.34. The Balaban J connectivity index is 1.49. The van der Waals surface area contributed by atoms with Crippen molar-refractivity contribution in [2.24, 2.45) is 5.92 Å². The Morgan fingerprint density at radius 2 is 2.04 bits per heavy atom. The summed E-state index contributed by atoms with van der Waals surface area (Å²) in [6.45, 7) is 1.60. The van der Waals surface area contributed by atoms with Crippen molar-refractivity contribution >= 4 is 11.8 Å². The number of hydrogen-bond acceptors (Lipinski definition) is 4. The second-order valence-electron chi connectivity index (χ2n) is 7.22. The van der Waals surface area contributed by atoms with E-state index in [-0.39, 0.29) is 30.2 Å². The van der Waals surface area contributed by atoms with Crippen molar-refractivity contribution < 1.29 is 14.0 Å². The highest BCUT2D eigenvalue weighted by molar-refractivity contribution is 5.89. The van der Waals surface area contributed by atoms with Crippen LogP contribution in [0.3, 0.4) is 0 Å². The molecule has 2 atom stereocenters. The van der Waals surface area contributed by atoms with Gasteiger partial charge in [0, 0.05) is 26.1 Å². The van der Waals surface area contributed by atoms with Gasteiger partial charge in [0.15, 0.2) is 0 Å². The maximum absolute atomic E-state index is 12.6. The molecule has 1 saturated heterocycles. The molecule has 2 heterocycles. The van der Waals surface area contributed by atoms with E-state index in [1.807, 2.05) is 49.3 Å². The third kappa shape index (κ3) is 4.98. The highest BCUT2D eigenvalue weighted by Gasteiger charge is 2.34. The minimum absolute atomic E-state index is 0.0322. The smallest absolute Gasteiger partial charge is 0.225 e. The standard InChI is InChI=1S/C21H27N3O3/c1-23(2)18(19-9-6-12-27-19)14-22-21(26)17-13-20(25)24(15-17)11-10-16-7-4-3-5-8-16/h3-9,12,17-18H,10-11,13-15H2,1-2H3,(H,22,26). The molecule has 0 bridgehead atoms. The maximum atomic E-state index is 12.6. The Bertz CT molecular complexity index is 743. The third-order valence-electron chi connectivity index (χ3n) is 5.06. The predicted molar refractivity (Wildman–Crippen MR) is 103 cm³/mol. The van der Waals surface area contributed by atoms with Crippen molar-refractivity contribution in [2.75, 3.05) is 33.7 Å². The zero-order valence-electron chi connectivity index (χ0n) is 15.9. The zero-order valence-corrected chi connectivity index (χ0v) is 15.9. The molecule has 2 amide bonds. The first kappa shape index (κ1) is 19.2. The van der Waals surface area contributed by atoms with Crippen LogP contribution in [0, 0.1) is 5.92 Å².